The number of nitrogens with zero attached hydrogens (tertiary/aromatic N) is 2. The van der Waals surface area contributed by atoms with E-state index in [-0.39, 0.29) is 6.17 Å². The lowest BCUT2D eigenvalue weighted by atomic mass is 9.82. The SMILES string of the molecule is CC(C)(O)C(C)(C)OBc1ccc(C2=NC(c3ccccc3)NC(c3ccccc3)=N2)cc1. The van der Waals surface area contributed by atoms with Crippen molar-refractivity contribution in [3.63, 3.8) is 0 Å². The molecule has 3 aromatic carbocycles. The Morgan fingerprint density at radius 2 is 1.42 bits per heavy atom. The van der Waals surface area contributed by atoms with Crippen molar-refractivity contribution in [3.05, 3.63) is 102 Å². The van der Waals surface area contributed by atoms with E-state index in [9.17, 15) is 5.11 Å². The van der Waals surface area contributed by atoms with Gasteiger partial charge in [-0.15, -0.1) is 0 Å². The fourth-order valence-electron chi connectivity index (χ4n) is 3.32. The van der Waals surface area contributed by atoms with E-state index in [2.05, 4.69) is 17.4 Å². The van der Waals surface area contributed by atoms with Gasteiger partial charge in [0.05, 0.1) is 11.2 Å². The van der Waals surface area contributed by atoms with Crippen molar-refractivity contribution < 1.29 is 9.76 Å². The molecule has 1 atom stereocenters. The summed E-state index contributed by atoms with van der Waals surface area (Å²) in [5, 5.41) is 13.8. The molecule has 0 radical (unpaired) electrons. The van der Waals surface area contributed by atoms with E-state index in [1.807, 2.05) is 86.6 Å². The number of nitrogens with one attached hydrogen (secondary N) is 1. The maximum Gasteiger partial charge on any atom is 0.309 e. The van der Waals surface area contributed by atoms with Crippen molar-refractivity contribution in [2.45, 2.75) is 45.1 Å². The quantitative estimate of drug-likeness (QED) is 0.552. The number of benzene rings is 3. The first-order valence-corrected chi connectivity index (χ1v) is 11.2. The Balaban J connectivity index is 1.60. The fourth-order valence-corrected chi connectivity index (χ4v) is 3.32. The summed E-state index contributed by atoms with van der Waals surface area (Å²) in [6.45, 7) is 7.32. The van der Waals surface area contributed by atoms with Crippen molar-refractivity contribution >= 4 is 24.6 Å². The van der Waals surface area contributed by atoms with Gasteiger partial charge in [0.1, 0.15) is 12.0 Å². The van der Waals surface area contributed by atoms with Crippen LogP contribution in [-0.2, 0) is 4.65 Å². The third-order valence-electron chi connectivity index (χ3n) is 6.19. The largest absolute Gasteiger partial charge is 0.427 e. The Hall–Kier alpha value is -3.22. The van der Waals surface area contributed by atoms with Gasteiger partial charge in [0, 0.05) is 11.1 Å². The van der Waals surface area contributed by atoms with Gasteiger partial charge in [0.2, 0.25) is 0 Å². The Kier molecular flexibility index (Phi) is 6.50. The smallest absolute Gasteiger partial charge is 0.309 e. The van der Waals surface area contributed by atoms with E-state index in [1.54, 1.807) is 13.8 Å². The molecular weight excluding hydrogens is 409 g/mol. The highest BCUT2D eigenvalue weighted by molar-refractivity contribution is 6.47. The lowest BCUT2D eigenvalue weighted by Gasteiger charge is -2.37. The summed E-state index contributed by atoms with van der Waals surface area (Å²) >= 11 is 0. The Morgan fingerprint density at radius 1 is 0.818 bits per heavy atom. The van der Waals surface area contributed by atoms with Crippen molar-refractivity contribution in [1.82, 2.24) is 5.32 Å². The van der Waals surface area contributed by atoms with Gasteiger partial charge in [0.25, 0.3) is 0 Å². The molecule has 0 saturated heterocycles. The molecule has 3 aromatic rings. The molecular formula is C27H30BN3O2. The van der Waals surface area contributed by atoms with Crippen LogP contribution in [-0.4, -0.2) is 35.5 Å². The molecule has 0 fully saturated rings. The van der Waals surface area contributed by atoms with Crippen LogP contribution in [0.3, 0.4) is 0 Å². The molecule has 1 unspecified atom stereocenters. The number of aliphatic hydroxyl groups is 1. The first kappa shape index (κ1) is 23.0. The Bertz CT molecular complexity index is 1140. The van der Waals surface area contributed by atoms with Gasteiger partial charge in [-0.05, 0) is 33.3 Å². The zero-order valence-electron chi connectivity index (χ0n) is 19.6. The minimum absolute atomic E-state index is 0.218. The molecule has 0 aliphatic carbocycles. The third kappa shape index (κ3) is 5.41. The normalized spacial score (nSPS) is 16.5. The second kappa shape index (κ2) is 9.34. The van der Waals surface area contributed by atoms with E-state index in [0.717, 1.165) is 28.0 Å². The number of aliphatic imine (C=N–C) groups is 2. The zero-order valence-corrected chi connectivity index (χ0v) is 19.6. The van der Waals surface area contributed by atoms with Crippen LogP contribution in [0, 0.1) is 0 Å². The molecule has 5 nitrogen and oxygen atoms in total. The molecule has 0 bridgehead atoms. The average molecular weight is 439 g/mol. The molecule has 0 spiro atoms. The lowest BCUT2D eigenvalue weighted by Crippen LogP contribution is -2.49. The van der Waals surface area contributed by atoms with Crippen LogP contribution in [0.4, 0.5) is 0 Å². The van der Waals surface area contributed by atoms with Gasteiger partial charge in [0.15, 0.2) is 5.84 Å². The molecule has 0 aromatic heterocycles. The van der Waals surface area contributed by atoms with E-state index < -0.39 is 11.2 Å². The highest BCUT2D eigenvalue weighted by atomic mass is 16.5. The zero-order chi connectivity index (χ0) is 23.5. The summed E-state index contributed by atoms with van der Waals surface area (Å²) in [5.74, 6) is 1.49. The van der Waals surface area contributed by atoms with Crippen LogP contribution in [0.15, 0.2) is 94.9 Å². The summed E-state index contributed by atoms with van der Waals surface area (Å²) < 4.78 is 6.00. The molecule has 168 valence electrons. The van der Waals surface area contributed by atoms with Crippen molar-refractivity contribution in [2.75, 3.05) is 0 Å². The van der Waals surface area contributed by atoms with Gasteiger partial charge in [-0.1, -0.05) is 90.4 Å². The van der Waals surface area contributed by atoms with Crippen molar-refractivity contribution in [1.29, 1.82) is 0 Å². The number of amidine groups is 2. The molecule has 4 rings (SSSR count). The van der Waals surface area contributed by atoms with Gasteiger partial charge >= 0.3 is 7.48 Å². The highest BCUT2D eigenvalue weighted by Gasteiger charge is 2.35. The standard InChI is InChI=1S/C27H30BN3O2/c1-26(2,32)27(3,4)33-28-22-17-15-21(16-18-22)25-30-23(19-11-7-5-8-12-19)29-24(31-25)20-13-9-6-10-14-20/h5-18,23,28,32H,1-4H3,(H,29,30,31). The predicted octanol–water partition coefficient (Wildman–Crippen LogP) is 3.72. The molecule has 33 heavy (non-hydrogen) atoms. The van der Waals surface area contributed by atoms with Crippen LogP contribution in [0.1, 0.15) is 50.6 Å². The van der Waals surface area contributed by atoms with Crippen LogP contribution in [0.25, 0.3) is 0 Å². The first-order valence-electron chi connectivity index (χ1n) is 11.2. The van der Waals surface area contributed by atoms with E-state index in [1.165, 1.54) is 0 Å². The minimum Gasteiger partial charge on any atom is -0.427 e. The van der Waals surface area contributed by atoms with Gasteiger partial charge < -0.3 is 15.1 Å². The van der Waals surface area contributed by atoms with Crippen LogP contribution in [0.2, 0.25) is 0 Å². The average Bonchev–Trinajstić information content (AvgIpc) is 2.83. The van der Waals surface area contributed by atoms with E-state index in [4.69, 9.17) is 14.6 Å². The fraction of sp³-hybridized carbons (Fsp3) is 0.259. The van der Waals surface area contributed by atoms with Crippen LogP contribution in [0.5, 0.6) is 0 Å². The number of hydrogen-bond acceptors (Lipinski definition) is 5. The molecule has 2 N–H and O–H groups in total. The Labute approximate surface area is 196 Å². The highest BCUT2D eigenvalue weighted by Crippen LogP contribution is 2.24. The monoisotopic (exact) mass is 439 g/mol. The van der Waals surface area contributed by atoms with Gasteiger partial charge in [-0.25, -0.2) is 9.98 Å². The summed E-state index contributed by atoms with van der Waals surface area (Å²) in [6.07, 6.45) is -0.218. The summed E-state index contributed by atoms with van der Waals surface area (Å²) in [6, 6.07) is 28.4. The molecule has 6 heteroatoms. The summed E-state index contributed by atoms with van der Waals surface area (Å²) in [5.41, 5.74) is 2.46. The second-order valence-electron chi connectivity index (χ2n) is 9.29. The number of hydrogen-bond donors (Lipinski definition) is 2. The maximum absolute atomic E-state index is 10.3. The molecule has 0 amide bonds. The maximum atomic E-state index is 10.3. The predicted molar refractivity (Wildman–Crippen MR) is 137 cm³/mol. The van der Waals surface area contributed by atoms with Crippen molar-refractivity contribution in [2.24, 2.45) is 9.98 Å². The molecule has 1 heterocycles. The van der Waals surface area contributed by atoms with Gasteiger partial charge in [-0.2, -0.15) is 0 Å². The topological polar surface area (TPSA) is 66.2 Å². The summed E-state index contributed by atoms with van der Waals surface area (Å²) in [7, 11) is 0.413. The molecule has 1 aliphatic rings. The van der Waals surface area contributed by atoms with Crippen LogP contribution >= 0.6 is 0 Å². The van der Waals surface area contributed by atoms with Crippen molar-refractivity contribution in [3.8, 4) is 0 Å². The van der Waals surface area contributed by atoms with E-state index in [0.29, 0.717) is 13.3 Å². The first-order chi connectivity index (χ1) is 15.7. The third-order valence-corrected chi connectivity index (χ3v) is 6.19. The minimum atomic E-state index is -0.939. The lowest BCUT2D eigenvalue weighted by molar-refractivity contribution is -0.0893. The molecule has 0 saturated carbocycles. The second-order valence-corrected chi connectivity index (χ2v) is 9.29. The van der Waals surface area contributed by atoms with E-state index >= 15 is 0 Å². The van der Waals surface area contributed by atoms with Crippen LogP contribution < -0.4 is 10.8 Å². The Morgan fingerprint density at radius 3 is 2.03 bits per heavy atom. The number of rotatable bonds is 7. The van der Waals surface area contributed by atoms with Gasteiger partial charge in [-0.3, -0.25) is 0 Å². The molecule has 1 aliphatic heterocycles. The summed E-state index contributed by atoms with van der Waals surface area (Å²) in [4.78, 5) is 9.74.